The molecule has 0 saturated heterocycles. The molecule has 1 aromatic heterocycles. The van der Waals surface area contributed by atoms with Crippen LogP contribution >= 0.6 is 0 Å². The summed E-state index contributed by atoms with van der Waals surface area (Å²) in [5.74, 6) is -0.401. The van der Waals surface area contributed by atoms with Crippen LogP contribution in [0.3, 0.4) is 0 Å². The quantitative estimate of drug-likeness (QED) is 0.506. The number of nitrogens with one attached hydrogen (secondary N) is 3. The highest BCUT2D eigenvalue weighted by Crippen LogP contribution is 2.34. The van der Waals surface area contributed by atoms with E-state index in [0.717, 1.165) is 18.5 Å². The topological polar surface area (TPSA) is 111 Å². The number of halogens is 3. The van der Waals surface area contributed by atoms with E-state index >= 15 is 0 Å². The van der Waals surface area contributed by atoms with Crippen molar-refractivity contribution in [1.82, 2.24) is 15.6 Å². The number of pyridine rings is 1. The van der Waals surface area contributed by atoms with Crippen LogP contribution in [0, 0.1) is 16.7 Å². The van der Waals surface area contributed by atoms with Gasteiger partial charge in [-0.15, -0.1) is 0 Å². The summed E-state index contributed by atoms with van der Waals surface area (Å²) < 4.78 is 44.6. The van der Waals surface area contributed by atoms with Gasteiger partial charge >= 0.3 is 6.18 Å². The van der Waals surface area contributed by atoms with Crippen LogP contribution in [0.4, 0.5) is 13.2 Å². The smallest absolute Gasteiger partial charge is 0.419 e. The fraction of sp³-hybridized carbons (Fsp3) is 0.444. The zero-order chi connectivity index (χ0) is 20.7. The van der Waals surface area contributed by atoms with Crippen LogP contribution in [0.5, 0.6) is 5.75 Å². The predicted octanol–water partition coefficient (Wildman–Crippen LogP) is 2.53. The standard InChI is InChI=1S/C18H20F3N5O2/c1-24-9-11(7-22)17(27)26-12-2-4-13(5-3-12)28-14-6-15(18(19,20)21)16(8-23)25-10-14/h6-7,9-10,12-13,22,24H,2-5H2,1H3,(H,26,27)/b11-9+,22-7?/t12-,13-. The van der Waals surface area contributed by atoms with Crippen LogP contribution in [0.25, 0.3) is 0 Å². The molecule has 0 aliphatic heterocycles. The van der Waals surface area contributed by atoms with Crippen molar-refractivity contribution in [3.8, 4) is 11.8 Å². The number of rotatable bonds is 6. The second-order valence-electron chi connectivity index (χ2n) is 6.27. The maximum absolute atomic E-state index is 13.0. The van der Waals surface area contributed by atoms with Crippen LogP contribution in [0.1, 0.15) is 36.9 Å². The Morgan fingerprint density at radius 3 is 2.61 bits per heavy atom. The average Bonchev–Trinajstić information content (AvgIpc) is 2.66. The molecule has 1 aromatic rings. The van der Waals surface area contributed by atoms with E-state index in [4.69, 9.17) is 15.4 Å². The normalized spacial score (nSPS) is 20.0. The molecule has 150 valence electrons. The van der Waals surface area contributed by atoms with Gasteiger partial charge in [0, 0.05) is 25.5 Å². The molecule has 7 nitrogen and oxygen atoms in total. The van der Waals surface area contributed by atoms with Gasteiger partial charge in [-0.2, -0.15) is 18.4 Å². The van der Waals surface area contributed by atoms with Crippen LogP contribution in [-0.4, -0.2) is 36.3 Å². The third-order valence-electron chi connectivity index (χ3n) is 4.30. The maximum atomic E-state index is 13.0. The van der Waals surface area contributed by atoms with Gasteiger partial charge in [-0.3, -0.25) is 4.79 Å². The number of nitrogens with zero attached hydrogens (tertiary/aromatic N) is 2. The summed E-state index contributed by atoms with van der Waals surface area (Å²) in [6.45, 7) is 0. The van der Waals surface area contributed by atoms with Gasteiger partial charge in [0.05, 0.1) is 23.4 Å². The molecule has 0 bridgehead atoms. The van der Waals surface area contributed by atoms with Crippen LogP contribution in [0.2, 0.25) is 0 Å². The van der Waals surface area contributed by atoms with E-state index < -0.39 is 17.4 Å². The van der Waals surface area contributed by atoms with Crippen molar-refractivity contribution in [3.05, 3.63) is 35.3 Å². The van der Waals surface area contributed by atoms with E-state index in [0.29, 0.717) is 25.7 Å². The molecule has 0 spiro atoms. The van der Waals surface area contributed by atoms with E-state index in [1.165, 1.54) is 12.3 Å². The molecule has 28 heavy (non-hydrogen) atoms. The minimum absolute atomic E-state index is 0.0399. The first kappa shape index (κ1) is 21.2. The number of alkyl halides is 3. The van der Waals surface area contributed by atoms with Gasteiger partial charge in [-0.25, -0.2) is 4.98 Å². The summed E-state index contributed by atoms with van der Waals surface area (Å²) >= 11 is 0. The number of ether oxygens (including phenoxy) is 1. The average molecular weight is 395 g/mol. The number of aromatic nitrogens is 1. The minimum atomic E-state index is -4.69. The second-order valence-corrected chi connectivity index (χ2v) is 6.27. The molecule has 1 amide bonds. The SMILES string of the molecule is CN/C=C(\C=N)C(=O)N[C@H]1CC[C@H](Oc2cnc(C#N)c(C(F)(F)F)c2)CC1. The van der Waals surface area contributed by atoms with Crippen molar-refractivity contribution in [1.29, 1.82) is 10.7 Å². The summed E-state index contributed by atoms with van der Waals surface area (Å²) in [5.41, 5.74) is -1.61. The first-order valence-electron chi connectivity index (χ1n) is 8.61. The van der Waals surface area contributed by atoms with Gasteiger partial charge in [0.1, 0.15) is 11.8 Å². The number of nitriles is 1. The highest BCUT2D eigenvalue weighted by atomic mass is 19.4. The van der Waals surface area contributed by atoms with Crippen LogP contribution in [-0.2, 0) is 11.0 Å². The lowest BCUT2D eigenvalue weighted by molar-refractivity contribution is -0.138. The lowest BCUT2D eigenvalue weighted by Crippen LogP contribution is -2.40. The summed E-state index contributed by atoms with van der Waals surface area (Å²) in [6.07, 6.45) is 0.772. The molecule has 2 rings (SSSR count). The fourth-order valence-corrected chi connectivity index (χ4v) is 2.93. The Hall–Kier alpha value is -3.09. The van der Waals surface area contributed by atoms with Gasteiger partial charge in [0.2, 0.25) is 0 Å². The molecule has 1 saturated carbocycles. The molecule has 1 aliphatic carbocycles. The Bertz CT molecular complexity index is 793. The van der Waals surface area contributed by atoms with E-state index in [-0.39, 0.29) is 29.4 Å². The number of hydrogen-bond acceptors (Lipinski definition) is 6. The summed E-state index contributed by atoms with van der Waals surface area (Å²) in [4.78, 5) is 15.6. The molecule has 3 N–H and O–H groups in total. The van der Waals surface area contributed by atoms with Crippen molar-refractivity contribution in [2.75, 3.05) is 7.05 Å². The Morgan fingerprint density at radius 1 is 1.39 bits per heavy atom. The summed E-state index contributed by atoms with van der Waals surface area (Å²) in [5, 5.41) is 21.5. The molecule has 0 atom stereocenters. The maximum Gasteiger partial charge on any atom is 0.419 e. The van der Waals surface area contributed by atoms with Crippen LogP contribution in [0.15, 0.2) is 24.0 Å². The summed E-state index contributed by atoms with van der Waals surface area (Å²) in [6, 6.07) is 2.12. The molecule has 0 aromatic carbocycles. The van der Waals surface area contributed by atoms with E-state index in [1.54, 1.807) is 7.05 Å². The monoisotopic (exact) mass is 395 g/mol. The molecular formula is C18H20F3N5O2. The minimum Gasteiger partial charge on any atom is -0.489 e. The molecule has 0 radical (unpaired) electrons. The third-order valence-corrected chi connectivity index (χ3v) is 4.30. The number of hydrogen-bond donors (Lipinski definition) is 3. The Labute approximate surface area is 160 Å². The number of amides is 1. The number of carbonyl (C=O) groups is 1. The van der Waals surface area contributed by atoms with Gasteiger partial charge < -0.3 is 20.8 Å². The third kappa shape index (κ3) is 5.45. The van der Waals surface area contributed by atoms with Gasteiger partial charge in [0.15, 0.2) is 5.69 Å². The van der Waals surface area contributed by atoms with Crippen LogP contribution < -0.4 is 15.4 Å². The van der Waals surface area contributed by atoms with E-state index in [1.807, 2.05) is 0 Å². The summed E-state index contributed by atoms with van der Waals surface area (Å²) in [7, 11) is 1.63. The fourth-order valence-electron chi connectivity index (χ4n) is 2.93. The largest absolute Gasteiger partial charge is 0.489 e. The van der Waals surface area contributed by atoms with Crippen molar-refractivity contribution in [2.24, 2.45) is 0 Å². The number of carbonyl (C=O) groups excluding carboxylic acids is 1. The highest BCUT2D eigenvalue weighted by Gasteiger charge is 2.35. The van der Waals surface area contributed by atoms with Crippen molar-refractivity contribution in [3.63, 3.8) is 0 Å². The Kier molecular flexibility index (Phi) is 6.98. The lowest BCUT2D eigenvalue weighted by Gasteiger charge is -2.29. The predicted molar refractivity (Wildman–Crippen MR) is 94.7 cm³/mol. The molecule has 1 fully saturated rings. The van der Waals surface area contributed by atoms with Gasteiger partial charge in [-0.05, 0) is 31.7 Å². The Morgan fingerprint density at radius 2 is 2.07 bits per heavy atom. The lowest BCUT2D eigenvalue weighted by atomic mass is 9.92. The molecule has 10 heteroatoms. The van der Waals surface area contributed by atoms with Crippen molar-refractivity contribution >= 4 is 12.1 Å². The van der Waals surface area contributed by atoms with Crippen molar-refractivity contribution in [2.45, 2.75) is 44.0 Å². The van der Waals surface area contributed by atoms with E-state index in [2.05, 4.69) is 15.6 Å². The molecular weight excluding hydrogens is 375 g/mol. The molecule has 0 unspecified atom stereocenters. The molecule has 1 heterocycles. The first-order chi connectivity index (χ1) is 13.3. The van der Waals surface area contributed by atoms with Gasteiger partial charge in [-0.1, -0.05) is 0 Å². The van der Waals surface area contributed by atoms with Gasteiger partial charge in [0.25, 0.3) is 5.91 Å². The zero-order valence-corrected chi connectivity index (χ0v) is 15.1. The van der Waals surface area contributed by atoms with Crippen molar-refractivity contribution < 1.29 is 22.7 Å². The highest BCUT2D eigenvalue weighted by molar-refractivity contribution is 6.11. The molecule has 1 aliphatic rings. The Balaban J connectivity index is 1.94. The second kappa shape index (κ2) is 9.21. The first-order valence-corrected chi connectivity index (χ1v) is 8.61. The van der Waals surface area contributed by atoms with E-state index in [9.17, 15) is 18.0 Å². The zero-order valence-electron chi connectivity index (χ0n) is 15.1.